The van der Waals surface area contributed by atoms with E-state index < -0.39 is 0 Å². The second-order valence-electron chi connectivity index (χ2n) is 7.82. The fourth-order valence-corrected chi connectivity index (χ4v) is 4.85. The maximum Gasteiger partial charge on any atom is 0.248 e. The summed E-state index contributed by atoms with van der Waals surface area (Å²) < 4.78 is 10.3. The van der Waals surface area contributed by atoms with Gasteiger partial charge in [0.25, 0.3) is 0 Å². The normalized spacial score (nSPS) is 19.6. The van der Waals surface area contributed by atoms with Gasteiger partial charge in [-0.1, -0.05) is 35.9 Å². The topological polar surface area (TPSA) is 42.0 Å². The van der Waals surface area contributed by atoms with Crippen LogP contribution in [-0.2, 0) is 20.8 Å². The molecule has 0 radical (unpaired) electrons. The summed E-state index contributed by atoms with van der Waals surface area (Å²) in [4.78, 5) is 18.4. The SMILES string of the molecule is COCCN(C[C@H]1CN(Cc2cccs2)C[C@H]1c1ccc(C)cc1)C(=O)COC. The van der Waals surface area contributed by atoms with Gasteiger partial charge in [-0.3, -0.25) is 9.69 Å². The van der Waals surface area contributed by atoms with Crippen molar-refractivity contribution in [2.45, 2.75) is 19.4 Å². The largest absolute Gasteiger partial charge is 0.383 e. The number of methoxy groups -OCH3 is 2. The molecule has 1 aromatic carbocycles. The molecule has 1 aliphatic heterocycles. The Kier molecular flexibility index (Phi) is 8.24. The molecule has 2 aromatic rings. The van der Waals surface area contributed by atoms with Crippen molar-refractivity contribution in [3.05, 3.63) is 57.8 Å². The molecule has 3 rings (SSSR count). The molecule has 1 fully saturated rings. The zero-order chi connectivity index (χ0) is 20.6. The third-order valence-electron chi connectivity index (χ3n) is 5.62. The van der Waals surface area contributed by atoms with E-state index in [0.29, 0.717) is 25.0 Å². The van der Waals surface area contributed by atoms with Crippen molar-refractivity contribution in [3.63, 3.8) is 0 Å². The molecule has 2 atom stereocenters. The molecule has 0 bridgehead atoms. The Balaban J connectivity index is 1.76. The number of nitrogens with zero attached hydrogens (tertiary/aromatic N) is 2. The highest BCUT2D eigenvalue weighted by Crippen LogP contribution is 2.34. The number of hydrogen-bond acceptors (Lipinski definition) is 5. The van der Waals surface area contributed by atoms with Crippen LogP contribution in [0.3, 0.4) is 0 Å². The maximum absolute atomic E-state index is 12.6. The van der Waals surface area contributed by atoms with Crippen LogP contribution < -0.4 is 0 Å². The van der Waals surface area contributed by atoms with Crippen LogP contribution in [0.25, 0.3) is 0 Å². The number of rotatable bonds is 10. The van der Waals surface area contributed by atoms with Crippen molar-refractivity contribution in [2.24, 2.45) is 5.92 Å². The highest BCUT2D eigenvalue weighted by atomic mass is 32.1. The van der Waals surface area contributed by atoms with Gasteiger partial charge in [-0.15, -0.1) is 11.3 Å². The number of carbonyl (C=O) groups excluding carboxylic acids is 1. The molecule has 5 nitrogen and oxygen atoms in total. The van der Waals surface area contributed by atoms with Crippen molar-refractivity contribution in [1.29, 1.82) is 0 Å². The first-order valence-corrected chi connectivity index (χ1v) is 11.1. The van der Waals surface area contributed by atoms with E-state index in [1.165, 1.54) is 16.0 Å². The monoisotopic (exact) mass is 416 g/mol. The standard InChI is InChI=1S/C23H32N2O3S/c1-18-6-8-19(9-7-18)22-16-24(15-21-5-4-12-29-21)13-20(22)14-25(10-11-27-2)23(26)17-28-3/h4-9,12,20,22H,10-11,13-17H2,1-3H3/t20-,22+/m1/s1. The first kappa shape index (κ1) is 22.0. The summed E-state index contributed by atoms with van der Waals surface area (Å²) in [5.41, 5.74) is 2.64. The molecule has 1 aliphatic rings. The molecule has 0 saturated carbocycles. The molecule has 1 aromatic heterocycles. The van der Waals surface area contributed by atoms with Gasteiger partial charge >= 0.3 is 0 Å². The lowest BCUT2D eigenvalue weighted by atomic mass is 9.88. The molecule has 158 valence electrons. The van der Waals surface area contributed by atoms with Crippen molar-refractivity contribution < 1.29 is 14.3 Å². The van der Waals surface area contributed by atoms with Crippen molar-refractivity contribution in [3.8, 4) is 0 Å². The molecule has 1 amide bonds. The number of carbonyl (C=O) groups is 1. The Morgan fingerprint density at radius 1 is 1.17 bits per heavy atom. The van der Waals surface area contributed by atoms with Crippen LogP contribution in [0.4, 0.5) is 0 Å². The second-order valence-corrected chi connectivity index (χ2v) is 8.85. The molecule has 2 heterocycles. The lowest BCUT2D eigenvalue weighted by Gasteiger charge is -2.28. The van der Waals surface area contributed by atoms with Crippen LogP contribution >= 0.6 is 11.3 Å². The van der Waals surface area contributed by atoms with Gasteiger partial charge in [0.05, 0.1) is 6.61 Å². The lowest BCUT2D eigenvalue weighted by Crippen LogP contribution is -2.41. The van der Waals surface area contributed by atoms with Gasteiger partial charge in [-0.05, 0) is 29.9 Å². The minimum Gasteiger partial charge on any atom is -0.383 e. The highest BCUT2D eigenvalue weighted by Gasteiger charge is 2.35. The smallest absolute Gasteiger partial charge is 0.248 e. The third kappa shape index (κ3) is 6.12. The average molecular weight is 417 g/mol. The predicted molar refractivity (Wildman–Crippen MR) is 117 cm³/mol. The fourth-order valence-electron chi connectivity index (χ4n) is 4.11. The zero-order valence-electron chi connectivity index (χ0n) is 17.7. The number of amides is 1. The van der Waals surface area contributed by atoms with Crippen LogP contribution in [0.1, 0.15) is 21.9 Å². The Hall–Kier alpha value is -1.73. The summed E-state index contributed by atoms with van der Waals surface area (Å²) in [5, 5.41) is 2.14. The molecule has 6 heteroatoms. The van der Waals surface area contributed by atoms with Gasteiger partial charge in [-0.2, -0.15) is 0 Å². The lowest BCUT2D eigenvalue weighted by molar-refractivity contribution is -0.136. The van der Waals surface area contributed by atoms with Gasteiger partial charge in [0.1, 0.15) is 6.61 Å². The Labute approximate surface area is 178 Å². The molecule has 0 spiro atoms. The maximum atomic E-state index is 12.6. The van der Waals surface area contributed by atoms with Crippen molar-refractivity contribution in [1.82, 2.24) is 9.80 Å². The van der Waals surface area contributed by atoms with Crippen LogP contribution in [0, 0.1) is 12.8 Å². The first-order valence-electron chi connectivity index (χ1n) is 10.2. The number of likely N-dealkylation sites (tertiary alicyclic amines) is 1. The minimum atomic E-state index is 0.0314. The summed E-state index contributed by atoms with van der Waals surface area (Å²) >= 11 is 1.81. The summed E-state index contributed by atoms with van der Waals surface area (Å²) in [7, 11) is 3.24. The van der Waals surface area contributed by atoms with Crippen LogP contribution in [-0.4, -0.2) is 69.3 Å². The Bertz CT molecular complexity index is 748. The third-order valence-corrected chi connectivity index (χ3v) is 6.48. The van der Waals surface area contributed by atoms with E-state index in [4.69, 9.17) is 9.47 Å². The Morgan fingerprint density at radius 3 is 2.62 bits per heavy atom. The predicted octanol–water partition coefficient (Wildman–Crippen LogP) is 3.39. The minimum absolute atomic E-state index is 0.0314. The van der Waals surface area contributed by atoms with Gasteiger partial charge < -0.3 is 14.4 Å². The molecular weight excluding hydrogens is 384 g/mol. The molecule has 29 heavy (non-hydrogen) atoms. The number of ether oxygens (including phenoxy) is 2. The van der Waals surface area contributed by atoms with Gasteiger partial charge in [0.2, 0.25) is 5.91 Å². The summed E-state index contributed by atoms with van der Waals surface area (Å²) in [5.74, 6) is 0.829. The number of hydrogen-bond donors (Lipinski definition) is 0. The first-order chi connectivity index (χ1) is 14.1. The van der Waals surface area contributed by atoms with E-state index >= 15 is 0 Å². The summed E-state index contributed by atoms with van der Waals surface area (Å²) in [6.45, 7) is 7.07. The van der Waals surface area contributed by atoms with Gasteiger partial charge in [0.15, 0.2) is 0 Å². The molecule has 0 aliphatic carbocycles. The quantitative estimate of drug-likeness (QED) is 0.595. The summed E-state index contributed by atoms with van der Waals surface area (Å²) in [6.07, 6.45) is 0. The zero-order valence-corrected chi connectivity index (χ0v) is 18.5. The number of thiophene rings is 1. The number of benzene rings is 1. The molecule has 0 unspecified atom stereocenters. The van der Waals surface area contributed by atoms with E-state index in [-0.39, 0.29) is 12.5 Å². The van der Waals surface area contributed by atoms with Crippen molar-refractivity contribution in [2.75, 3.05) is 53.6 Å². The van der Waals surface area contributed by atoms with Crippen LogP contribution in [0.5, 0.6) is 0 Å². The van der Waals surface area contributed by atoms with E-state index in [1.807, 2.05) is 16.2 Å². The second kappa shape index (κ2) is 10.9. The van der Waals surface area contributed by atoms with E-state index in [2.05, 4.69) is 53.6 Å². The Morgan fingerprint density at radius 2 is 1.97 bits per heavy atom. The van der Waals surface area contributed by atoms with E-state index in [9.17, 15) is 4.79 Å². The van der Waals surface area contributed by atoms with E-state index in [0.717, 1.165) is 26.2 Å². The fraction of sp³-hybridized carbons (Fsp3) is 0.522. The van der Waals surface area contributed by atoms with Gasteiger partial charge in [-0.25, -0.2) is 0 Å². The number of aryl methyl sites for hydroxylation is 1. The van der Waals surface area contributed by atoms with Crippen LogP contribution in [0.15, 0.2) is 41.8 Å². The van der Waals surface area contributed by atoms with Gasteiger partial charge in [0, 0.05) is 57.7 Å². The summed E-state index contributed by atoms with van der Waals surface area (Å²) in [6, 6.07) is 13.2. The van der Waals surface area contributed by atoms with E-state index in [1.54, 1.807) is 14.2 Å². The van der Waals surface area contributed by atoms with Crippen molar-refractivity contribution >= 4 is 17.2 Å². The molecule has 0 N–H and O–H groups in total. The molecular formula is C23H32N2O3S. The van der Waals surface area contributed by atoms with Crippen LogP contribution in [0.2, 0.25) is 0 Å². The molecule has 1 saturated heterocycles. The average Bonchev–Trinajstić information content (AvgIpc) is 3.36. The highest BCUT2D eigenvalue weighted by molar-refractivity contribution is 7.09.